The van der Waals surface area contributed by atoms with Gasteiger partial charge in [0.05, 0.1) is 0 Å². The summed E-state index contributed by atoms with van der Waals surface area (Å²) in [4.78, 5) is 14.0. The van der Waals surface area contributed by atoms with Crippen molar-refractivity contribution in [3.8, 4) is 0 Å². The van der Waals surface area contributed by atoms with E-state index in [4.69, 9.17) is 4.74 Å². The third-order valence-electron chi connectivity index (χ3n) is 3.37. The highest BCUT2D eigenvalue weighted by Gasteiger charge is 2.16. The molecule has 0 aromatic heterocycles. The smallest absolute Gasteiger partial charge is 0.412 e. The predicted molar refractivity (Wildman–Crippen MR) is 87.5 cm³/mol. The Bertz CT molecular complexity index is 449. The fourth-order valence-corrected chi connectivity index (χ4v) is 1.87. The number of nitrogens with zero attached hydrogens (tertiary/aromatic N) is 1. The van der Waals surface area contributed by atoms with Crippen molar-refractivity contribution in [2.75, 3.05) is 12.4 Å². The third-order valence-corrected chi connectivity index (χ3v) is 3.37. The normalized spacial score (nSPS) is 13.1. The topological polar surface area (TPSA) is 41.6 Å². The molecule has 0 bridgehead atoms. The molecule has 0 radical (unpaired) electrons. The number of carbonyl (C=O) groups excluding carboxylic acids is 1. The van der Waals surface area contributed by atoms with Crippen LogP contribution in [0.15, 0.2) is 24.3 Å². The molecule has 0 saturated carbocycles. The first-order chi connectivity index (χ1) is 9.71. The molecule has 1 aromatic carbocycles. The quantitative estimate of drug-likeness (QED) is 0.881. The van der Waals surface area contributed by atoms with Crippen molar-refractivity contribution in [1.29, 1.82) is 0 Å². The van der Waals surface area contributed by atoms with Gasteiger partial charge in [0.2, 0.25) is 0 Å². The lowest BCUT2D eigenvalue weighted by Crippen LogP contribution is -2.28. The van der Waals surface area contributed by atoms with E-state index in [0.717, 1.165) is 18.7 Å². The third kappa shape index (κ3) is 6.63. The molecule has 0 aliphatic carbocycles. The van der Waals surface area contributed by atoms with E-state index in [9.17, 15) is 4.79 Å². The van der Waals surface area contributed by atoms with Crippen molar-refractivity contribution >= 4 is 11.8 Å². The van der Waals surface area contributed by atoms with Crippen molar-refractivity contribution in [1.82, 2.24) is 4.90 Å². The average Bonchev–Trinajstić information content (AvgIpc) is 2.37. The second-order valence-electron chi connectivity index (χ2n) is 6.50. The zero-order valence-electron chi connectivity index (χ0n) is 14.1. The maximum Gasteiger partial charge on any atom is 0.412 e. The van der Waals surface area contributed by atoms with Crippen LogP contribution >= 0.6 is 0 Å². The molecule has 21 heavy (non-hydrogen) atoms. The van der Waals surface area contributed by atoms with Gasteiger partial charge in [-0.1, -0.05) is 19.1 Å². The van der Waals surface area contributed by atoms with Crippen LogP contribution in [0.5, 0.6) is 0 Å². The second kappa shape index (κ2) is 7.46. The minimum Gasteiger partial charge on any atom is -0.444 e. The highest BCUT2D eigenvalue weighted by atomic mass is 16.6. The molecular weight excluding hydrogens is 264 g/mol. The number of rotatable bonds is 5. The Labute approximate surface area is 128 Å². The number of amides is 1. The molecule has 4 heteroatoms. The van der Waals surface area contributed by atoms with E-state index in [1.165, 1.54) is 5.56 Å². The molecule has 0 spiro atoms. The van der Waals surface area contributed by atoms with Gasteiger partial charge >= 0.3 is 6.09 Å². The van der Waals surface area contributed by atoms with Crippen LogP contribution < -0.4 is 5.32 Å². The maximum atomic E-state index is 11.7. The van der Waals surface area contributed by atoms with Crippen LogP contribution in [0.3, 0.4) is 0 Å². The molecule has 118 valence electrons. The summed E-state index contributed by atoms with van der Waals surface area (Å²) in [5.41, 5.74) is 1.50. The number of hydrogen-bond acceptors (Lipinski definition) is 3. The van der Waals surface area contributed by atoms with E-state index in [2.05, 4.69) is 31.1 Å². The van der Waals surface area contributed by atoms with Gasteiger partial charge in [0.15, 0.2) is 0 Å². The molecule has 4 nitrogen and oxygen atoms in total. The van der Waals surface area contributed by atoms with Gasteiger partial charge in [0.25, 0.3) is 0 Å². The number of carbonyl (C=O) groups is 1. The molecule has 1 atom stereocenters. The Morgan fingerprint density at radius 3 is 2.33 bits per heavy atom. The van der Waals surface area contributed by atoms with E-state index in [-0.39, 0.29) is 0 Å². The Kier molecular flexibility index (Phi) is 6.21. The summed E-state index contributed by atoms with van der Waals surface area (Å²) in [7, 11) is 2.13. The maximum absolute atomic E-state index is 11.7. The van der Waals surface area contributed by atoms with Crippen LogP contribution in [0, 0.1) is 0 Å². The molecule has 1 rings (SSSR count). The van der Waals surface area contributed by atoms with Crippen molar-refractivity contribution in [2.45, 2.75) is 59.2 Å². The second-order valence-corrected chi connectivity index (χ2v) is 6.50. The van der Waals surface area contributed by atoms with Crippen LogP contribution in [0.4, 0.5) is 10.5 Å². The van der Waals surface area contributed by atoms with Crippen LogP contribution in [-0.2, 0) is 11.3 Å². The number of anilines is 1. The molecule has 0 fully saturated rings. The van der Waals surface area contributed by atoms with E-state index in [0.29, 0.717) is 6.04 Å². The van der Waals surface area contributed by atoms with E-state index in [1.807, 2.05) is 45.0 Å². The molecule has 1 amide bonds. The highest BCUT2D eigenvalue weighted by Crippen LogP contribution is 2.14. The fraction of sp³-hybridized carbons (Fsp3) is 0.588. The summed E-state index contributed by atoms with van der Waals surface area (Å²) in [5.74, 6) is 0. The molecule has 0 heterocycles. The zero-order valence-corrected chi connectivity index (χ0v) is 14.1. The van der Waals surface area contributed by atoms with Crippen molar-refractivity contribution in [3.05, 3.63) is 29.8 Å². The number of ether oxygens (including phenoxy) is 1. The minimum atomic E-state index is -0.483. The summed E-state index contributed by atoms with van der Waals surface area (Å²) in [6.07, 6.45) is 0.710. The van der Waals surface area contributed by atoms with Gasteiger partial charge in [-0.15, -0.1) is 0 Å². The van der Waals surface area contributed by atoms with Gasteiger partial charge in [-0.2, -0.15) is 0 Å². The molecule has 1 N–H and O–H groups in total. The van der Waals surface area contributed by atoms with Crippen LogP contribution in [0.1, 0.15) is 46.6 Å². The summed E-state index contributed by atoms with van der Waals surface area (Å²) in [5, 5.41) is 2.74. The lowest BCUT2D eigenvalue weighted by Gasteiger charge is -2.23. The number of nitrogens with one attached hydrogen (secondary N) is 1. The van der Waals surface area contributed by atoms with Gasteiger partial charge in [-0.25, -0.2) is 4.79 Å². The van der Waals surface area contributed by atoms with Crippen molar-refractivity contribution in [3.63, 3.8) is 0 Å². The Morgan fingerprint density at radius 1 is 1.29 bits per heavy atom. The lowest BCUT2D eigenvalue weighted by molar-refractivity contribution is 0.0636. The highest BCUT2D eigenvalue weighted by molar-refractivity contribution is 5.84. The van der Waals surface area contributed by atoms with Crippen molar-refractivity contribution < 1.29 is 9.53 Å². The van der Waals surface area contributed by atoms with Crippen molar-refractivity contribution in [2.24, 2.45) is 0 Å². The zero-order chi connectivity index (χ0) is 16.0. The predicted octanol–water partition coefficient (Wildman–Crippen LogP) is 4.26. The SMILES string of the molecule is CCC(C)N(C)Cc1ccc(NC(=O)OC(C)(C)C)cc1. The number of hydrogen-bond donors (Lipinski definition) is 1. The van der Waals surface area contributed by atoms with Crippen LogP contribution in [-0.4, -0.2) is 29.7 Å². The molecule has 0 aliphatic rings. The van der Waals surface area contributed by atoms with Gasteiger partial charge in [-0.3, -0.25) is 10.2 Å². The molecule has 1 unspecified atom stereocenters. The standard InChI is InChI=1S/C17H28N2O2/c1-7-13(2)19(6)12-14-8-10-15(11-9-14)18-16(20)21-17(3,4)5/h8-11,13H,7,12H2,1-6H3,(H,18,20). The van der Waals surface area contributed by atoms with E-state index in [1.54, 1.807) is 0 Å². The van der Waals surface area contributed by atoms with Crippen LogP contribution in [0.2, 0.25) is 0 Å². The Morgan fingerprint density at radius 2 is 1.86 bits per heavy atom. The van der Waals surface area contributed by atoms with E-state index < -0.39 is 11.7 Å². The fourth-order valence-electron chi connectivity index (χ4n) is 1.87. The van der Waals surface area contributed by atoms with E-state index >= 15 is 0 Å². The average molecular weight is 292 g/mol. The molecule has 1 aromatic rings. The summed E-state index contributed by atoms with van der Waals surface area (Å²) < 4.78 is 5.22. The van der Waals surface area contributed by atoms with Gasteiger partial charge < -0.3 is 4.74 Å². The summed E-state index contributed by atoms with van der Waals surface area (Å²) in [6, 6.07) is 8.44. The van der Waals surface area contributed by atoms with Crippen LogP contribution in [0.25, 0.3) is 0 Å². The molecule has 0 aliphatic heterocycles. The Balaban J connectivity index is 2.56. The lowest BCUT2D eigenvalue weighted by atomic mass is 10.1. The number of benzene rings is 1. The summed E-state index contributed by atoms with van der Waals surface area (Å²) in [6.45, 7) is 10.9. The largest absolute Gasteiger partial charge is 0.444 e. The monoisotopic (exact) mass is 292 g/mol. The first-order valence-corrected chi connectivity index (χ1v) is 7.50. The summed E-state index contributed by atoms with van der Waals surface area (Å²) >= 11 is 0. The van der Waals surface area contributed by atoms with Gasteiger partial charge in [0.1, 0.15) is 5.60 Å². The first kappa shape index (κ1) is 17.5. The first-order valence-electron chi connectivity index (χ1n) is 7.50. The minimum absolute atomic E-state index is 0.424. The Hall–Kier alpha value is -1.55. The molecular formula is C17H28N2O2. The molecule has 0 saturated heterocycles. The van der Waals surface area contributed by atoms with Gasteiger partial charge in [-0.05, 0) is 58.9 Å². The van der Waals surface area contributed by atoms with Gasteiger partial charge in [0, 0.05) is 18.3 Å².